The summed E-state index contributed by atoms with van der Waals surface area (Å²) in [7, 11) is 1.59. The minimum atomic E-state index is -0.192. The standard InChI is InChI=1S/C16H33N3O2.2ClH/c1-12-6-13(2)10-19(9-12)16(3,4)11-18-15(20)7-14(8-17)21-5;;/h12-14H,6-11,17H2,1-5H3,(H,18,20);2*1H. The van der Waals surface area contributed by atoms with Gasteiger partial charge in [0, 0.05) is 38.8 Å². The Morgan fingerprint density at radius 3 is 2.26 bits per heavy atom. The van der Waals surface area contributed by atoms with E-state index in [1.54, 1.807) is 7.11 Å². The van der Waals surface area contributed by atoms with Crippen LogP contribution in [0.1, 0.15) is 40.5 Å². The summed E-state index contributed by atoms with van der Waals surface area (Å²) in [5.74, 6) is 1.45. The molecule has 0 radical (unpaired) electrons. The number of hydrogen-bond acceptors (Lipinski definition) is 4. The number of carbonyl (C=O) groups excluding carboxylic acids is 1. The summed E-state index contributed by atoms with van der Waals surface area (Å²) in [5, 5.41) is 3.03. The molecule has 1 fully saturated rings. The molecule has 0 aromatic rings. The lowest BCUT2D eigenvalue weighted by molar-refractivity contribution is -0.124. The van der Waals surface area contributed by atoms with Gasteiger partial charge < -0.3 is 15.8 Å². The number of ether oxygens (including phenoxy) is 1. The average Bonchev–Trinajstić information content (AvgIpc) is 2.41. The van der Waals surface area contributed by atoms with Crippen LogP contribution in [0.3, 0.4) is 0 Å². The summed E-state index contributed by atoms with van der Waals surface area (Å²) in [5.41, 5.74) is 5.52. The van der Waals surface area contributed by atoms with Crippen LogP contribution in [0.4, 0.5) is 0 Å². The maximum atomic E-state index is 12.0. The fourth-order valence-corrected chi connectivity index (χ4v) is 3.13. The zero-order valence-electron chi connectivity index (χ0n) is 15.1. The van der Waals surface area contributed by atoms with Gasteiger partial charge in [0.1, 0.15) is 0 Å². The summed E-state index contributed by atoms with van der Waals surface area (Å²) < 4.78 is 5.15. The van der Waals surface area contributed by atoms with Crippen LogP contribution in [0.5, 0.6) is 0 Å². The Labute approximate surface area is 153 Å². The lowest BCUT2D eigenvalue weighted by atomic mass is 9.88. The molecular formula is C16H35Cl2N3O2. The number of nitrogens with one attached hydrogen (secondary N) is 1. The second-order valence-corrected chi connectivity index (χ2v) is 7.24. The molecule has 0 aromatic heterocycles. The molecule has 23 heavy (non-hydrogen) atoms. The molecular weight excluding hydrogens is 337 g/mol. The molecule has 0 spiro atoms. The highest BCUT2D eigenvalue weighted by molar-refractivity contribution is 5.85. The summed E-state index contributed by atoms with van der Waals surface area (Å²) in [6.07, 6.45) is 1.43. The number of methoxy groups -OCH3 is 1. The van der Waals surface area contributed by atoms with Gasteiger partial charge in [0.05, 0.1) is 12.5 Å². The van der Waals surface area contributed by atoms with Crippen LogP contribution in [0.25, 0.3) is 0 Å². The number of carbonyl (C=O) groups is 1. The highest BCUT2D eigenvalue weighted by Gasteiger charge is 2.32. The molecule has 1 rings (SSSR count). The van der Waals surface area contributed by atoms with Crippen LogP contribution in [-0.4, -0.2) is 55.7 Å². The maximum absolute atomic E-state index is 12.0. The monoisotopic (exact) mass is 371 g/mol. The SMILES string of the molecule is COC(CN)CC(=O)NCC(C)(C)N1CC(C)CC(C)C1.Cl.Cl. The smallest absolute Gasteiger partial charge is 0.222 e. The summed E-state index contributed by atoms with van der Waals surface area (Å²) in [4.78, 5) is 14.5. The molecule has 1 amide bonds. The summed E-state index contributed by atoms with van der Waals surface area (Å²) in [6.45, 7) is 12.3. The number of amides is 1. The molecule has 3 atom stereocenters. The maximum Gasteiger partial charge on any atom is 0.222 e. The number of nitrogens with two attached hydrogens (primary N) is 1. The van der Waals surface area contributed by atoms with E-state index < -0.39 is 0 Å². The van der Waals surface area contributed by atoms with Crippen molar-refractivity contribution in [3.8, 4) is 0 Å². The van der Waals surface area contributed by atoms with Crippen molar-refractivity contribution in [1.82, 2.24) is 10.2 Å². The minimum absolute atomic E-state index is 0. The van der Waals surface area contributed by atoms with Crippen LogP contribution in [-0.2, 0) is 9.53 Å². The number of likely N-dealkylation sites (tertiary alicyclic amines) is 1. The number of nitrogens with zero attached hydrogens (tertiary/aromatic N) is 1. The van der Waals surface area contributed by atoms with Crippen LogP contribution >= 0.6 is 24.8 Å². The van der Waals surface area contributed by atoms with Crippen LogP contribution in [0.2, 0.25) is 0 Å². The Morgan fingerprint density at radius 1 is 1.30 bits per heavy atom. The van der Waals surface area contributed by atoms with Crippen molar-refractivity contribution < 1.29 is 9.53 Å². The van der Waals surface area contributed by atoms with Gasteiger partial charge in [0.15, 0.2) is 0 Å². The lowest BCUT2D eigenvalue weighted by Gasteiger charge is -2.45. The molecule has 0 aromatic carbocycles. The third-order valence-corrected chi connectivity index (χ3v) is 4.45. The van der Waals surface area contributed by atoms with Gasteiger partial charge in [-0.2, -0.15) is 0 Å². The van der Waals surface area contributed by atoms with Crippen molar-refractivity contribution in [2.75, 3.05) is 33.3 Å². The predicted octanol–water partition coefficient (Wildman–Crippen LogP) is 2.07. The van der Waals surface area contributed by atoms with Gasteiger partial charge >= 0.3 is 0 Å². The highest BCUT2D eigenvalue weighted by Crippen LogP contribution is 2.26. The first-order valence-corrected chi connectivity index (χ1v) is 8.03. The topological polar surface area (TPSA) is 67.6 Å². The molecule has 3 N–H and O–H groups in total. The normalized spacial score (nSPS) is 23.4. The molecule has 7 heteroatoms. The van der Waals surface area contributed by atoms with Gasteiger partial charge in [0.2, 0.25) is 5.91 Å². The molecule has 3 unspecified atom stereocenters. The van der Waals surface area contributed by atoms with E-state index in [1.807, 2.05) is 0 Å². The first kappa shape index (κ1) is 25.2. The summed E-state index contributed by atoms with van der Waals surface area (Å²) >= 11 is 0. The van der Waals surface area contributed by atoms with Crippen LogP contribution in [0, 0.1) is 11.8 Å². The number of rotatable bonds is 7. The lowest BCUT2D eigenvalue weighted by Crippen LogP contribution is -2.56. The zero-order chi connectivity index (χ0) is 16.0. The van der Waals surface area contributed by atoms with Crippen molar-refractivity contribution in [1.29, 1.82) is 0 Å². The Hall–Kier alpha value is -0.0700. The van der Waals surface area contributed by atoms with Gasteiger partial charge in [-0.1, -0.05) is 13.8 Å². The first-order chi connectivity index (χ1) is 9.78. The van der Waals surface area contributed by atoms with E-state index in [1.165, 1.54) is 6.42 Å². The molecule has 0 aliphatic carbocycles. The van der Waals surface area contributed by atoms with E-state index in [-0.39, 0.29) is 42.4 Å². The van der Waals surface area contributed by atoms with Crippen molar-refractivity contribution >= 4 is 30.7 Å². The Kier molecular flexibility index (Phi) is 12.6. The van der Waals surface area contributed by atoms with Crippen molar-refractivity contribution in [2.45, 2.75) is 52.2 Å². The van der Waals surface area contributed by atoms with Gasteiger partial charge in [-0.3, -0.25) is 9.69 Å². The molecule has 0 bridgehead atoms. The van der Waals surface area contributed by atoms with E-state index in [9.17, 15) is 4.79 Å². The van der Waals surface area contributed by atoms with E-state index >= 15 is 0 Å². The Balaban J connectivity index is 0. The molecule has 1 aliphatic rings. The zero-order valence-corrected chi connectivity index (χ0v) is 16.8. The van der Waals surface area contributed by atoms with Crippen molar-refractivity contribution in [3.05, 3.63) is 0 Å². The van der Waals surface area contributed by atoms with Gasteiger partial charge in [0.25, 0.3) is 0 Å². The third kappa shape index (κ3) is 8.54. The summed E-state index contributed by atoms with van der Waals surface area (Å²) in [6, 6.07) is 0. The Morgan fingerprint density at radius 2 is 1.83 bits per heavy atom. The minimum Gasteiger partial charge on any atom is -0.380 e. The highest BCUT2D eigenvalue weighted by atomic mass is 35.5. The number of halogens is 2. The largest absolute Gasteiger partial charge is 0.380 e. The Bertz CT molecular complexity index is 329. The average molecular weight is 372 g/mol. The van der Waals surface area contributed by atoms with Crippen LogP contribution in [0.15, 0.2) is 0 Å². The molecule has 1 aliphatic heterocycles. The molecule has 0 saturated carbocycles. The van der Waals surface area contributed by atoms with Gasteiger partial charge in [-0.05, 0) is 32.1 Å². The predicted molar refractivity (Wildman–Crippen MR) is 101 cm³/mol. The second kappa shape index (κ2) is 11.5. The molecule has 1 heterocycles. The molecule has 5 nitrogen and oxygen atoms in total. The fourth-order valence-electron chi connectivity index (χ4n) is 3.13. The van der Waals surface area contributed by atoms with Crippen LogP contribution < -0.4 is 11.1 Å². The molecule has 1 saturated heterocycles. The van der Waals surface area contributed by atoms with E-state index in [0.717, 1.165) is 24.9 Å². The van der Waals surface area contributed by atoms with Gasteiger partial charge in [-0.25, -0.2) is 0 Å². The van der Waals surface area contributed by atoms with E-state index in [0.29, 0.717) is 19.5 Å². The van der Waals surface area contributed by atoms with E-state index in [4.69, 9.17) is 10.5 Å². The van der Waals surface area contributed by atoms with E-state index in [2.05, 4.69) is 37.9 Å². The van der Waals surface area contributed by atoms with Crippen molar-refractivity contribution in [2.24, 2.45) is 17.6 Å². The first-order valence-electron chi connectivity index (χ1n) is 8.03. The molecule has 140 valence electrons. The van der Waals surface area contributed by atoms with Crippen molar-refractivity contribution in [3.63, 3.8) is 0 Å². The third-order valence-electron chi connectivity index (χ3n) is 4.45. The van der Waals surface area contributed by atoms with Gasteiger partial charge in [-0.15, -0.1) is 24.8 Å². The fraction of sp³-hybridized carbons (Fsp3) is 0.938. The second-order valence-electron chi connectivity index (χ2n) is 7.24. The number of piperidine rings is 1. The quantitative estimate of drug-likeness (QED) is 0.718. The number of hydrogen-bond donors (Lipinski definition) is 2.